The molecule has 1 atom stereocenters. The second-order valence-corrected chi connectivity index (χ2v) is 6.17. The smallest absolute Gasteiger partial charge is 0.220 e. The van der Waals surface area contributed by atoms with Gasteiger partial charge < -0.3 is 11.1 Å². The fourth-order valence-corrected chi connectivity index (χ4v) is 2.52. The highest BCUT2D eigenvalue weighted by molar-refractivity contribution is 5.75. The van der Waals surface area contributed by atoms with E-state index in [1.807, 2.05) is 0 Å². The number of carbonyl (C=O) groups is 1. The van der Waals surface area contributed by atoms with E-state index in [2.05, 4.69) is 31.0 Å². The topological polar surface area (TPSA) is 58.4 Å². The summed E-state index contributed by atoms with van der Waals surface area (Å²) in [4.78, 5) is 14.1. The highest BCUT2D eigenvalue weighted by atomic mass is 16.1. The quantitative estimate of drug-likeness (QED) is 0.753. The zero-order valence-electron chi connectivity index (χ0n) is 12.2. The van der Waals surface area contributed by atoms with E-state index in [9.17, 15) is 4.79 Å². The minimum absolute atomic E-state index is 0.0487. The van der Waals surface area contributed by atoms with Crippen LogP contribution in [0.15, 0.2) is 0 Å². The van der Waals surface area contributed by atoms with Crippen molar-refractivity contribution in [2.24, 2.45) is 11.7 Å². The second-order valence-electron chi connectivity index (χ2n) is 6.17. The predicted octanol–water partition coefficient (Wildman–Crippen LogP) is 1.35. The van der Waals surface area contributed by atoms with Gasteiger partial charge in [0.1, 0.15) is 0 Å². The molecule has 4 nitrogen and oxygen atoms in total. The SMILES string of the molecule is CC1CCCN(C(C)(C)CNC(=O)CCCN)C1. The van der Waals surface area contributed by atoms with Crippen LogP contribution < -0.4 is 11.1 Å². The first kappa shape index (κ1) is 15.4. The van der Waals surface area contributed by atoms with Gasteiger partial charge in [0.15, 0.2) is 0 Å². The molecule has 18 heavy (non-hydrogen) atoms. The van der Waals surface area contributed by atoms with Crippen molar-refractivity contribution in [2.45, 2.75) is 52.0 Å². The van der Waals surface area contributed by atoms with Gasteiger partial charge in [0, 0.05) is 25.0 Å². The van der Waals surface area contributed by atoms with Crippen LogP contribution >= 0.6 is 0 Å². The maximum atomic E-state index is 11.6. The Hall–Kier alpha value is -0.610. The molecule has 0 aliphatic carbocycles. The van der Waals surface area contributed by atoms with Gasteiger partial charge in [-0.3, -0.25) is 9.69 Å². The van der Waals surface area contributed by atoms with Crippen LogP contribution in [0.2, 0.25) is 0 Å². The summed E-state index contributed by atoms with van der Waals surface area (Å²) in [5.41, 5.74) is 5.45. The molecule has 1 unspecified atom stereocenters. The zero-order chi connectivity index (χ0) is 13.6. The molecule has 0 saturated carbocycles. The monoisotopic (exact) mass is 255 g/mol. The molecule has 106 valence electrons. The van der Waals surface area contributed by atoms with Crippen LogP contribution in [0.4, 0.5) is 0 Å². The van der Waals surface area contributed by atoms with Crippen molar-refractivity contribution in [3.8, 4) is 0 Å². The van der Waals surface area contributed by atoms with Crippen LogP contribution in [-0.2, 0) is 4.79 Å². The molecule has 0 spiro atoms. The molecule has 1 heterocycles. The Bertz CT molecular complexity index is 266. The number of piperidine rings is 1. The van der Waals surface area contributed by atoms with E-state index in [0.29, 0.717) is 13.0 Å². The van der Waals surface area contributed by atoms with E-state index in [0.717, 1.165) is 32.0 Å². The van der Waals surface area contributed by atoms with Crippen LogP contribution in [0.25, 0.3) is 0 Å². The van der Waals surface area contributed by atoms with Crippen molar-refractivity contribution in [1.29, 1.82) is 0 Å². The minimum Gasteiger partial charge on any atom is -0.354 e. The molecule has 0 aromatic carbocycles. The Labute approximate surface area is 111 Å². The first-order valence-electron chi connectivity index (χ1n) is 7.17. The maximum absolute atomic E-state index is 11.6. The normalized spacial score (nSPS) is 21.9. The number of likely N-dealkylation sites (tertiary alicyclic amines) is 1. The van der Waals surface area contributed by atoms with Gasteiger partial charge in [0.25, 0.3) is 0 Å². The van der Waals surface area contributed by atoms with Crippen molar-refractivity contribution in [3.05, 3.63) is 0 Å². The summed E-state index contributed by atoms with van der Waals surface area (Å²) >= 11 is 0. The predicted molar refractivity (Wildman–Crippen MR) is 75.3 cm³/mol. The summed E-state index contributed by atoms with van der Waals surface area (Å²) in [6.45, 7) is 10.3. The fourth-order valence-electron chi connectivity index (χ4n) is 2.52. The van der Waals surface area contributed by atoms with Crippen molar-refractivity contribution in [1.82, 2.24) is 10.2 Å². The molecule has 1 saturated heterocycles. The van der Waals surface area contributed by atoms with E-state index < -0.39 is 0 Å². The summed E-state index contributed by atoms with van der Waals surface area (Å²) in [6.07, 6.45) is 3.91. The van der Waals surface area contributed by atoms with Crippen LogP contribution in [0, 0.1) is 5.92 Å². The van der Waals surface area contributed by atoms with Gasteiger partial charge in [0.05, 0.1) is 0 Å². The molecule has 1 rings (SSSR count). The lowest BCUT2D eigenvalue weighted by Crippen LogP contribution is -2.54. The number of amides is 1. The highest BCUT2D eigenvalue weighted by Gasteiger charge is 2.30. The summed E-state index contributed by atoms with van der Waals surface area (Å²) in [7, 11) is 0. The third-order valence-corrected chi connectivity index (χ3v) is 3.84. The van der Waals surface area contributed by atoms with Crippen LogP contribution in [0.1, 0.15) is 46.5 Å². The number of rotatable bonds is 6. The second kappa shape index (κ2) is 7.10. The lowest BCUT2D eigenvalue weighted by molar-refractivity contribution is -0.121. The lowest BCUT2D eigenvalue weighted by Gasteiger charge is -2.43. The van der Waals surface area contributed by atoms with Crippen molar-refractivity contribution < 1.29 is 4.79 Å². The van der Waals surface area contributed by atoms with Gasteiger partial charge in [0.2, 0.25) is 5.91 Å². The summed E-state index contributed by atoms with van der Waals surface area (Å²) in [5.74, 6) is 0.893. The standard InChI is InChI=1S/C14H29N3O/c1-12-6-5-9-17(10-12)14(2,3)11-16-13(18)7-4-8-15/h12H,4-11,15H2,1-3H3,(H,16,18). The maximum Gasteiger partial charge on any atom is 0.220 e. The molecule has 1 aliphatic heterocycles. The zero-order valence-corrected chi connectivity index (χ0v) is 12.2. The average molecular weight is 255 g/mol. The van der Waals surface area contributed by atoms with E-state index >= 15 is 0 Å². The van der Waals surface area contributed by atoms with Gasteiger partial charge in [-0.05, 0) is 52.1 Å². The van der Waals surface area contributed by atoms with E-state index in [-0.39, 0.29) is 11.4 Å². The number of hydrogen-bond donors (Lipinski definition) is 2. The fraction of sp³-hybridized carbons (Fsp3) is 0.929. The van der Waals surface area contributed by atoms with E-state index in [1.54, 1.807) is 0 Å². The number of carbonyl (C=O) groups excluding carboxylic acids is 1. The molecule has 1 aliphatic rings. The van der Waals surface area contributed by atoms with Gasteiger partial charge in [-0.25, -0.2) is 0 Å². The first-order chi connectivity index (χ1) is 8.45. The molecular formula is C14H29N3O. The molecule has 0 bridgehead atoms. The Kier molecular flexibility index (Phi) is 6.09. The minimum atomic E-state index is 0.0487. The van der Waals surface area contributed by atoms with Crippen LogP contribution in [-0.4, -0.2) is 42.5 Å². The van der Waals surface area contributed by atoms with Crippen molar-refractivity contribution in [2.75, 3.05) is 26.2 Å². The van der Waals surface area contributed by atoms with E-state index in [4.69, 9.17) is 5.73 Å². The largest absolute Gasteiger partial charge is 0.354 e. The third kappa shape index (κ3) is 4.94. The average Bonchev–Trinajstić information content (AvgIpc) is 2.34. The molecular weight excluding hydrogens is 226 g/mol. The number of nitrogens with zero attached hydrogens (tertiary/aromatic N) is 1. The number of hydrogen-bond acceptors (Lipinski definition) is 3. The Balaban J connectivity index is 2.36. The van der Waals surface area contributed by atoms with E-state index in [1.165, 1.54) is 12.8 Å². The Morgan fingerprint density at radius 1 is 1.50 bits per heavy atom. The van der Waals surface area contributed by atoms with Crippen LogP contribution in [0.3, 0.4) is 0 Å². The number of nitrogens with one attached hydrogen (secondary N) is 1. The van der Waals surface area contributed by atoms with Gasteiger partial charge in [-0.15, -0.1) is 0 Å². The number of nitrogens with two attached hydrogens (primary N) is 1. The molecule has 0 aromatic heterocycles. The Morgan fingerprint density at radius 3 is 2.83 bits per heavy atom. The third-order valence-electron chi connectivity index (χ3n) is 3.84. The van der Waals surface area contributed by atoms with Crippen molar-refractivity contribution in [3.63, 3.8) is 0 Å². The molecule has 3 N–H and O–H groups in total. The molecule has 1 amide bonds. The summed E-state index contributed by atoms with van der Waals surface area (Å²) < 4.78 is 0. The molecule has 0 radical (unpaired) electrons. The van der Waals surface area contributed by atoms with Crippen LogP contribution in [0.5, 0.6) is 0 Å². The Morgan fingerprint density at radius 2 is 2.22 bits per heavy atom. The first-order valence-corrected chi connectivity index (χ1v) is 7.17. The summed E-state index contributed by atoms with van der Waals surface area (Å²) in [5, 5.41) is 3.03. The van der Waals surface area contributed by atoms with Crippen molar-refractivity contribution >= 4 is 5.91 Å². The molecule has 1 fully saturated rings. The van der Waals surface area contributed by atoms with Gasteiger partial charge in [-0.1, -0.05) is 6.92 Å². The van der Waals surface area contributed by atoms with Gasteiger partial charge in [-0.2, -0.15) is 0 Å². The highest BCUT2D eigenvalue weighted by Crippen LogP contribution is 2.23. The lowest BCUT2D eigenvalue weighted by atomic mass is 9.93. The molecule has 4 heteroatoms. The molecule has 0 aromatic rings. The summed E-state index contributed by atoms with van der Waals surface area (Å²) in [6, 6.07) is 0. The van der Waals surface area contributed by atoms with Gasteiger partial charge >= 0.3 is 0 Å².